The van der Waals surface area contributed by atoms with E-state index in [1.807, 2.05) is 7.05 Å². The summed E-state index contributed by atoms with van der Waals surface area (Å²) >= 11 is 0. The second-order valence-corrected chi connectivity index (χ2v) is 4.43. The van der Waals surface area contributed by atoms with Crippen molar-refractivity contribution in [1.82, 2.24) is 25.4 Å². The van der Waals surface area contributed by atoms with Crippen molar-refractivity contribution in [2.24, 2.45) is 5.92 Å². The van der Waals surface area contributed by atoms with Crippen LogP contribution in [0.15, 0.2) is 23.0 Å². The lowest BCUT2D eigenvalue weighted by molar-refractivity contribution is 0.335. The van der Waals surface area contributed by atoms with Gasteiger partial charge in [-0.15, -0.1) is 0 Å². The van der Waals surface area contributed by atoms with Crippen LogP contribution in [-0.2, 0) is 6.42 Å². The van der Waals surface area contributed by atoms with E-state index < -0.39 is 0 Å². The molecule has 1 N–H and O–H groups in total. The first-order valence-electron chi connectivity index (χ1n) is 5.98. The Hall–Kier alpha value is -1.82. The molecule has 0 radical (unpaired) electrons. The van der Waals surface area contributed by atoms with Crippen LogP contribution in [-0.4, -0.2) is 33.2 Å². The summed E-state index contributed by atoms with van der Waals surface area (Å²) < 4.78 is 5.22. The van der Waals surface area contributed by atoms with E-state index in [0.717, 1.165) is 0 Å². The van der Waals surface area contributed by atoms with Crippen LogP contribution in [0, 0.1) is 5.92 Å². The van der Waals surface area contributed by atoms with Gasteiger partial charge in [-0.05, 0) is 19.0 Å². The summed E-state index contributed by atoms with van der Waals surface area (Å²) in [6.07, 6.45) is 4.01. The van der Waals surface area contributed by atoms with E-state index in [1.54, 1.807) is 18.5 Å². The first-order valence-corrected chi connectivity index (χ1v) is 5.98. The molecule has 6 nitrogen and oxygen atoms in total. The number of nitrogens with one attached hydrogen (secondary N) is 1. The molecule has 0 aromatic carbocycles. The summed E-state index contributed by atoms with van der Waals surface area (Å²) in [7, 11) is 1.93. The highest BCUT2D eigenvalue weighted by Crippen LogP contribution is 2.12. The van der Waals surface area contributed by atoms with Crippen LogP contribution in [0.25, 0.3) is 11.6 Å². The fourth-order valence-electron chi connectivity index (χ4n) is 1.70. The molecular formula is C12H17N5O. The third kappa shape index (κ3) is 2.89. The quantitative estimate of drug-likeness (QED) is 0.858. The maximum absolute atomic E-state index is 5.22. The summed E-state index contributed by atoms with van der Waals surface area (Å²) in [5.41, 5.74) is 0. The molecule has 6 heteroatoms. The molecule has 0 fully saturated rings. The van der Waals surface area contributed by atoms with Crippen LogP contribution >= 0.6 is 0 Å². The summed E-state index contributed by atoms with van der Waals surface area (Å²) in [5.74, 6) is 2.02. The normalized spacial score (nSPS) is 12.9. The van der Waals surface area contributed by atoms with Gasteiger partial charge in [-0.25, -0.2) is 9.97 Å². The molecule has 0 aliphatic rings. The highest BCUT2D eigenvalue weighted by Gasteiger charge is 2.17. The zero-order valence-corrected chi connectivity index (χ0v) is 10.8. The SMILES string of the molecule is CNC(Cc1nc(-c2ncccn2)no1)C(C)C. The lowest BCUT2D eigenvalue weighted by Crippen LogP contribution is -2.32. The van der Waals surface area contributed by atoms with Gasteiger partial charge in [-0.2, -0.15) is 4.98 Å². The van der Waals surface area contributed by atoms with Crippen molar-refractivity contribution in [1.29, 1.82) is 0 Å². The molecule has 0 aliphatic heterocycles. The first-order chi connectivity index (χ1) is 8.70. The molecule has 2 rings (SSSR count). The summed E-state index contributed by atoms with van der Waals surface area (Å²) in [4.78, 5) is 12.5. The second kappa shape index (κ2) is 5.68. The predicted molar refractivity (Wildman–Crippen MR) is 66.7 cm³/mol. The zero-order valence-electron chi connectivity index (χ0n) is 10.8. The minimum atomic E-state index is 0.315. The molecule has 0 spiro atoms. The Morgan fingerprint density at radius 3 is 2.56 bits per heavy atom. The van der Waals surface area contributed by atoms with E-state index in [-0.39, 0.29) is 0 Å². The fraction of sp³-hybridized carbons (Fsp3) is 0.500. The number of aromatic nitrogens is 4. The number of rotatable bonds is 5. The molecule has 1 unspecified atom stereocenters. The van der Waals surface area contributed by atoms with Gasteiger partial charge in [-0.3, -0.25) is 0 Å². The van der Waals surface area contributed by atoms with Gasteiger partial charge in [-0.1, -0.05) is 19.0 Å². The molecule has 0 saturated heterocycles. The van der Waals surface area contributed by atoms with E-state index in [2.05, 4.69) is 39.3 Å². The average molecular weight is 247 g/mol. The minimum absolute atomic E-state index is 0.315. The van der Waals surface area contributed by atoms with E-state index in [0.29, 0.717) is 35.9 Å². The van der Waals surface area contributed by atoms with Crippen LogP contribution in [0.2, 0.25) is 0 Å². The van der Waals surface area contributed by atoms with Crippen LogP contribution in [0.1, 0.15) is 19.7 Å². The molecule has 0 amide bonds. The van der Waals surface area contributed by atoms with Crippen LogP contribution in [0.4, 0.5) is 0 Å². The van der Waals surface area contributed by atoms with Crippen molar-refractivity contribution in [3.05, 3.63) is 24.4 Å². The maximum atomic E-state index is 5.22. The van der Waals surface area contributed by atoms with Crippen molar-refractivity contribution in [3.8, 4) is 11.6 Å². The van der Waals surface area contributed by atoms with Crippen molar-refractivity contribution in [3.63, 3.8) is 0 Å². The highest BCUT2D eigenvalue weighted by molar-refractivity contribution is 5.40. The molecule has 2 aromatic heterocycles. The number of nitrogens with zero attached hydrogens (tertiary/aromatic N) is 4. The highest BCUT2D eigenvalue weighted by atomic mass is 16.5. The Morgan fingerprint density at radius 1 is 1.22 bits per heavy atom. The lowest BCUT2D eigenvalue weighted by atomic mass is 10.0. The van der Waals surface area contributed by atoms with Crippen LogP contribution < -0.4 is 5.32 Å². The summed E-state index contributed by atoms with van der Waals surface area (Å²) in [6, 6.07) is 2.07. The Balaban J connectivity index is 2.11. The largest absolute Gasteiger partial charge is 0.339 e. The molecule has 0 bridgehead atoms. The molecule has 1 atom stereocenters. The average Bonchev–Trinajstić information content (AvgIpc) is 2.85. The summed E-state index contributed by atoms with van der Waals surface area (Å²) in [6.45, 7) is 4.30. The van der Waals surface area contributed by atoms with Gasteiger partial charge < -0.3 is 9.84 Å². The van der Waals surface area contributed by atoms with Gasteiger partial charge in [0.2, 0.25) is 17.5 Å². The molecule has 0 aliphatic carbocycles. The molecule has 0 saturated carbocycles. The van der Waals surface area contributed by atoms with Gasteiger partial charge in [0.15, 0.2) is 0 Å². The topological polar surface area (TPSA) is 76.7 Å². The van der Waals surface area contributed by atoms with Crippen LogP contribution in [0.3, 0.4) is 0 Å². The molecular weight excluding hydrogens is 230 g/mol. The van der Waals surface area contributed by atoms with E-state index in [9.17, 15) is 0 Å². The Kier molecular flexibility index (Phi) is 3.99. The lowest BCUT2D eigenvalue weighted by Gasteiger charge is -2.17. The third-order valence-corrected chi connectivity index (χ3v) is 2.80. The minimum Gasteiger partial charge on any atom is -0.339 e. The first kappa shape index (κ1) is 12.6. The van der Waals surface area contributed by atoms with Gasteiger partial charge >= 0.3 is 0 Å². The van der Waals surface area contributed by atoms with Crippen LogP contribution in [0.5, 0.6) is 0 Å². The number of hydrogen-bond donors (Lipinski definition) is 1. The smallest absolute Gasteiger partial charge is 0.240 e. The van der Waals surface area contributed by atoms with Crippen molar-refractivity contribution >= 4 is 0 Å². The van der Waals surface area contributed by atoms with Crippen molar-refractivity contribution in [2.75, 3.05) is 7.05 Å². The molecule has 2 heterocycles. The van der Waals surface area contributed by atoms with Gasteiger partial charge in [0.1, 0.15) is 0 Å². The van der Waals surface area contributed by atoms with Gasteiger partial charge in [0.05, 0.1) is 0 Å². The molecule has 18 heavy (non-hydrogen) atoms. The monoisotopic (exact) mass is 247 g/mol. The predicted octanol–water partition coefficient (Wildman–Crippen LogP) is 1.31. The standard InChI is InChI=1S/C12H17N5O/c1-8(2)9(13-3)7-10-16-12(17-18-10)11-14-5-4-6-15-11/h4-6,8-9,13H,7H2,1-3H3. The maximum Gasteiger partial charge on any atom is 0.240 e. The number of likely N-dealkylation sites (N-methyl/N-ethyl adjacent to an activating group) is 1. The van der Waals surface area contributed by atoms with E-state index in [4.69, 9.17) is 4.52 Å². The van der Waals surface area contributed by atoms with Gasteiger partial charge in [0, 0.05) is 24.9 Å². The Labute approximate surface area is 106 Å². The van der Waals surface area contributed by atoms with Gasteiger partial charge in [0.25, 0.3) is 0 Å². The van der Waals surface area contributed by atoms with E-state index >= 15 is 0 Å². The Morgan fingerprint density at radius 2 is 1.94 bits per heavy atom. The summed E-state index contributed by atoms with van der Waals surface area (Å²) in [5, 5.41) is 7.13. The van der Waals surface area contributed by atoms with Crippen molar-refractivity contribution < 1.29 is 4.52 Å². The molecule has 96 valence electrons. The number of hydrogen-bond acceptors (Lipinski definition) is 6. The fourth-order valence-corrected chi connectivity index (χ4v) is 1.70. The Bertz CT molecular complexity index is 482. The molecule has 2 aromatic rings. The van der Waals surface area contributed by atoms with Crippen molar-refractivity contribution in [2.45, 2.75) is 26.3 Å². The zero-order chi connectivity index (χ0) is 13.0. The third-order valence-electron chi connectivity index (χ3n) is 2.80. The second-order valence-electron chi connectivity index (χ2n) is 4.43. The van der Waals surface area contributed by atoms with E-state index in [1.165, 1.54) is 0 Å².